The minimum Gasteiger partial charge on any atom is -0.456 e. The molecule has 0 saturated heterocycles. The third-order valence-electron chi connectivity index (χ3n) is 17.5. The van der Waals surface area contributed by atoms with Crippen molar-refractivity contribution in [2.75, 3.05) is 4.90 Å². The topological polar surface area (TPSA) is 29.5 Å². The molecule has 0 amide bonds. The van der Waals surface area contributed by atoms with Gasteiger partial charge in [0.2, 0.25) is 0 Å². The average molecular weight is 922 g/mol. The van der Waals surface area contributed by atoms with Gasteiger partial charge >= 0.3 is 0 Å². The summed E-state index contributed by atoms with van der Waals surface area (Å²) in [6.07, 6.45) is 6.47. The van der Waals surface area contributed by atoms with Crippen LogP contribution in [0.5, 0.6) is 0 Å². The van der Waals surface area contributed by atoms with Crippen molar-refractivity contribution in [2.45, 2.75) is 105 Å². The van der Waals surface area contributed by atoms with Crippen LogP contribution in [0, 0.1) is 34.6 Å². The van der Waals surface area contributed by atoms with Gasteiger partial charge in [0.05, 0.1) is 5.69 Å². The molecule has 0 saturated carbocycles. The number of anilines is 3. The summed E-state index contributed by atoms with van der Waals surface area (Å²) in [6.45, 7) is 25.7. The summed E-state index contributed by atoms with van der Waals surface area (Å²) in [5, 5.41) is 3.71. The second-order valence-corrected chi connectivity index (χ2v) is 23.1. The van der Waals surface area contributed by atoms with Crippen molar-refractivity contribution >= 4 is 56.0 Å². The number of para-hydroxylation sites is 1. The van der Waals surface area contributed by atoms with Crippen molar-refractivity contribution in [1.82, 2.24) is 0 Å². The van der Waals surface area contributed by atoms with Gasteiger partial charge in [0, 0.05) is 54.9 Å². The number of hydrogen-bond donors (Lipinski definition) is 0. The Hall–Kier alpha value is -7.36. The first-order valence-electron chi connectivity index (χ1n) is 25.7. The number of rotatable bonds is 4. The minimum atomic E-state index is -0.275. The lowest BCUT2D eigenvalue weighted by Gasteiger charge is -2.32. The summed E-state index contributed by atoms with van der Waals surface area (Å²) in [7, 11) is 0. The van der Waals surface area contributed by atoms with Gasteiger partial charge in [-0.1, -0.05) is 125 Å². The van der Waals surface area contributed by atoms with Gasteiger partial charge < -0.3 is 13.7 Å². The standard InChI is InChI=1S/C68H59NO2/c1-36-20-23-43(38(3)28-36)49-34-56-60(63-47-17-13-15-19-58(47)71-65(49)63)45-25-22-42(32-53(45)68(56,10)11)69(64-39(4)29-37(2)30-40(64)5)41-21-24-44-48-33-55-50(35-54(48)67(8,9)52(44)31-41)61-51(66(55,6)7)26-27-59-62(61)46-16-12-14-18-57(46)70-59/h12,14-16,18-35H,13,17H2,1-11H3. The summed E-state index contributed by atoms with van der Waals surface area (Å²) in [5.74, 6) is 1.01. The van der Waals surface area contributed by atoms with Crippen molar-refractivity contribution in [3.8, 4) is 44.5 Å². The van der Waals surface area contributed by atoms with Gasteiger partial charge in [-0.05, 0) is 197 Å². The van der Waals surface area contributed by atoms with Gasteiger partial charge in [0.1, 0.15) is 22.5 Å². The van der Waals surface area contributed by atoms with Gasteiger partial charge in [-0.15, -0.1) is 0 Å². The highest BCUT2D eigenvalue weighted by atomic mass is 16.3. The second kappa shape index (κ2) is 14.2. The van der Waals surface area contributed by atoms with Crippen LogP contribution in [0.1, 0.15) is 120 Å². The van der Waals surface area contributed by atoms with Crippen LogP contribution in [-0.2, 0) is 22.7 Å². The van der Waals surface area contributed by atoms with E-state index < -0.39 is 0 Å². The summed E-state index contributed by atoms with van der Waals surface area (Å²) < 4.78 is 13.4. The molecule has 10 aromatic rings. The molecule has 0 spiro atoms. The Morgan fingerprint density at radius 1 is 0.451 bits per heavy atom. The van der Waals surface area contributed by atoms with Crippen LogP contribution in [0.25, 0.3) is 83.5 Å². The molecule has 3 heteroatoms. The highest BCUT2D eigenvalue weighted by Gasteiger charge is 2.44. The molecule has 348 valence electrons. The molecule has 0 N–H and O–H groups in total. The minimum absolute atomic E-state index is 0.168. The van der Waals surface area contributed by atoms with Crippen molar-refractivity contribution in [2.24, 2.45) is 0 Å². The van der Waals surface area contributed by atoms with Gasteiger partial charge in [-0.3, -0.25) is 0 Å². The van der Waals surface area contributed by atoms with E-state index in [9.17, 15) is 0 Å². The smallest absolute Gasteiger partial charge is 0.143 e. The van der Waals surface area contributed by atoms with E-state index in [0.717, 1.165) is 35.4 Å². The Bertz CT molecular complexity index is 4060. The fraction of sp³-hybridized carbons (Fsp3) is 0.235. The molecule has 71 heavy (non-hydrogen) atoms. The van der Waals surface area contributed by atoms with E-state index in [1.54, 1.807) is 0 Å². The molecule has 0 fully saturated rings. The van der Waals surface area contributed by atoms with Gasteiger partial charge in [-0.25, -0.2) is 0 Å². The summed E-state index contributed by atoms with van der Waals surface area (Å²) in [4.78, 5) is 2.56. The Kier molecular flexibility index (Phi) is 8.48. The van der Waals surface area contributed by atoms with Crippen LogP contribution in [0.2, 0.25) is 0 Å². The molecule has 0 bridgehead atoms. The van der Waals surface area contributed by atoms with Crippen molar-refractivity contribution in [1.29, 1.82) is 0 Å². The summed E-state index contributed by atoms with van der Waals surface area (Å²) in [6, 6.07) is 46.7. The third kappa shape index (κ3) is 5.61. The van der Waals surface area contributed by atoms with Crippen LogP contribution < -0.4 is 4.90 Å². The molecule has 8 aromatic carbocycles. The van der Waals surface area contributed by atoms with Crippen LogP contribution in [0.4, 0.5) is 17.1 Å². The normalized spacial score (nSPS) is 16.0. The monoisotopic (exact) mass is 921 g/mol. The number of aryl methyl sites for hydroxylation is 6. The number of fused-ring (bicyclic) bond motifs is 17. The summed E-state index contributed by atoms with van der Waals surface area (Å²) in [5.41, 5.74) is 32.1. The van der Waals surface area contributed by atoms with Gasteiger partial charge in [-0.2, -0.15) is 0 Å². The summed E-state index contributed by atoms with van der Waals surface area (Å²) >= 11 is 0. The first kappa shape index (κ1) is 42.5. The van der Waals surface area contributed by atoms with Crippen LogP contribution in [0.15, 0.2) is 136 Å². The molecule has 2 aromatic heterocycles. The van der Waals surface area contributed by atoms with Crippen molar-refractivity contribution in [3.05, 3.63) is 200 Å². The molecular formula is C68H59NO2. The molecule has 0 atom stereocenters. The van der Waals surface area contributed by atoms with Crippen molar-refractivity contribution in [3.63, 3.8) is 0 Å². The molecule has 2 heterocycles. The van der Waals surface area contributed by atoms with E-state index in [2.05, 4.69) is 215 Å². The number of nitrogens with zero attached hydrogens (tertiary/aromatic N) is 1. The predicted molar refractivity (Wildman–Crippen MR) is 297 cm³/mol. The zero-order valence-corrected chi connectivity index (χ0v) is 42.9. The lowest BCUT2D eigenvalue weighted by molar-refractivity contribution is 0.596. The Morgan fingerprint density at radius 2 is 1.06 bits per heavy atom. The number of allylic oxidation sites excluding steroid dienone is 1. The van der Waals surface area contributed by atoms with E-state index in [0.29, 0.717) is 0 Å². The molecular weight excluding hydrogens is 863 g/mol. The van der Waals surface area contributed by atoms with E-state index in [4.69, 9.17) is 8.83 Å². The highest BCUT2D eigenvalue weighted by Crippen LogP contribution is 2.60. The predicted octanol–water partition coefficient (Wildman–Crippen LogP) is 18.9. The third-order valence-corrected chi connectivity index (χ3v) is 17.5. The fourth-order valence-electron chi connectivity index (χ4n) is 14.1. The van der Waals surface area contributed by atoms with Gasteiger partial charge in [0.25, 0.3) is 0 Å². The highest BCUT2D eigenvalue weighted by molar-refractivity contribution is 6.15. The molecule has 4 aliphatic carbocycles. The number of hydrogen-bond acceptors (Lipinski definition) is 3. The lowest BCUT2D eigenvalue weighted by atomic mass is 9.79. The molecule has 4 aliphatic rings. The molecule has 0 radical (unpaired) electrons. The molecule has 3 nitrogen and oxygen atoms in total. The number of benzene rings is 8. The average Bonchev–Trinajstić information content (AvgIpc) is 4.09. The van der Waals surface area contributed by atoms with E-state index in [-0.39, 0.29) is 16.2 Å². The first-order valence-corrected chi connectivity index (χ1v) is 25.7. The Balaban J connectivity index is 0.945. The van der Waals surface area contributed by atoms with Crippen LogP contribution in [0.3, 0.4) is 0 Å². The lowest BCUT2D eigenvalue weighted by Crippen LogP contribution is -2.19. The van der Waals surface area contributed by atoms with E-state index in [1.165, 1.54) is 144 Å². The zero-order chi connectivity index (χ0) is 48.8. The Labute approximate surface area is 417 Å². The van der Waals surface area contributed by atoms with Crippen LogP contribution >= 0.6 is 0 Å². The second-order valence-electron chi connectivity index (χ2n) is 23.1. The zero-order valence-electron chi connectivity index (χ0n) is 42.9. The fourth-order valence-corrected chi connectivity index (χ4v) is 14.1. The van der Waals surface area contributed by atoms with Crippen molar-refractivity contribution < 1.29 is 8.83 Å². The molecule has 0 unspecified atom stereocenters. The first-order chi connectivity index (χ1) is 34.0. The Morgan fingerprint density at radius 3 is 1.82 bits per heavy atom. The SMILES string of the molecule is Cc1ccc(-c2cc3c(c4c5c(oc24)C=CCC5)-c2ccc(N(c4ccc5c(c4)C(C)(C)c4cc6c(cc4-5)C(C)(C)c4ccc5oc7ccccc7c5c4-6)c4c(C)cc(C)cc4C)cc2C3(C)C)c(C)c1. The molecule has 0 aliphatic heterocycles. The number of furan rings is 2. The van der Waals surface area contributed by atoms with Gasteiger partial charge in [0.15, 0.2) is 0 Å². The van der Waals surface area contributed by atoms with Crippen LogP contribution in [-0.4, -0.2) is 0 Å². The molecule has 14 rings (SSSR count). The van der Waals surface area contributed by atoms with E-state index >= 15 is 0 Å². The largest absolute Gasteiger partial charge is 0.456 e. The maximum absolute atomic E-state index is 6.94. The quantitative estimate of drug-likeness (QED) is 0.176. The maximum atomic E-state index is 6.94. The van der Waals surface area contributed by atoms with E-state index in [1.807, 2.05) is 0 Å². The maximum Gasteiger partial charge on any atom is 0.143 e.